The Morgan fingerprint density at radius 3 is 2.00 bits per heavy atom. The smallest absolute Gasteiger partial charge is 0.0441 e. The Balaban J connectivity index is 2.97. The van der Waals surface area contributed by atoms with Crippen LogP contribution in [0, 0.1) is 20.8 Å². The van der Waals surface area contributed by atoms with Gasteiger partial charge in [-0.25, -0.2) is 0 Å². The Morgan fingerprint density at radius 2 is 1.56 bits per heavy atom. The number of hydrogen-bond donors (Lipinski definition) is 2. The Bertz CT molecular complexity index is 344. The molecule has 0 atom stereocenters. The highest BCUT2D eigenvalue weighted by Crippen LogP contribution is 2.25. The topological polar surface area (TPSA) is 24.1 Å². The minimum absolute atomic E-state index is 0.0690. The third-order valence-electron chi connectivity index (χ3n) is 2.76. The SMILES string of the molecule is CNCC(C)(C)Nc1c(C)cc(C)cc1C. The molecule has 0 saturated carbocycles. The zero-order valence-corrected chi connectivity index (χ0v) is 11.4. The molecule has 0 aromatic heterocycles. The van der Waals surface area contributed by atoms with E-state index in [9.17, 15) is 0 Å². The van der Waals surface area contributed by atoms with Gasteiger partial charge in [-0.1, -0.05) is 17.7 Å². The Kier molecular flexibility index (Phi) is 3.98. The second-order valence-electron chi connectivity index (χ2n) is 5.31. The number of rotatable bonds is 4. The lowest BCUT2D eigenvalue weighted by molar-refractivity contribution is 0.530. The zero-order chi connectivity index (χ0) is 12.3. The third-order valence-corrected chi connectivity index (χ3v) is 2.76. The van der Waals surface area contributed by atoms with E-state index < -0.39 is 0 Å². The van der Waals surface area contributed by atoms with Gasteiger partial charge in [0.15, 0.2) is 0 Å². The average molecular weight is 220 g/mol. The van der Waals surface area contributed by atoms with Gasteiger partial charge < -0.3 is 10.6 Å². The highest BCUT2D eigenvalue weighted by Gasteiger charge is 2.18. The molecule has 1 rings (SSSR count). The normalized spacial score (nSPS) is 11.6. The number of likely N-dealkylation sites (N-methyl/N-ethyl adjacent to an activating group) is 1. The summed E-state index contributed by atoms with van der Waals surface area (Å²) in [6.07, 6.45) is 0. The summed E-state index contributed by atoms with van der Waals surface area (Å²) in [7, 11) is 1.98. The fourth-order valence-electron chi connectivity index (χ4n) is 2.20. The molecule has 0 heterocycles. The minimum Gasteiger partial charge on any atom is -0.378 e. The number of hydrogen-bond acceptors (Lipinski definition) is 2. The molecular formula is C14H24N2. The van der Waals surface area contributed by atoms with E-state index in [2.05, 4.69) is 57.4 Å². The van der Waals surface area contributed by atoms with Crippen LogP contribution in [-0.2, 0) is 0 Å². The molecule has 1 aromatic rings. The van der Waals surface area contributed by atoms with Crippen LogP contribution >= 0.6 is 0 Å². The quantitative estimate of drug-likeness (QED) is 0.815. The van der Waals surface area contributed by atoms with E-state index in [1.54, 1.807) is 0 Å². The van der Waals surface area contributed by atoms with Crippen molar-refractivity contribution >= 4 is 5.69 Å². The first kappa shape index (κ1) is 13.0. The van der Waals surface area contributed by atoms with Gasteiger partial charge in [-0.05, 0) is 52.8 Å². The van der Waals surface area contributed by atoms with Gasteiger partial charge in [0, 0.05) is 17.8 Å². The molecule has 90 valence electrons. The van der Waals surface area contributed by atoms with Crippen LogP contribution in [0.15, 0.2) is 12.1 Å². The van der Waals surface area contributed by atoms with Crippen molar-refractivity contribution in [2.75, 3.05) is 18.9 Å². The van der Waals surface area contributed by atoms with Gasteiger partial charge in [-0.2, -0.15) is 0 Å². The van der Waals surface area contributed by atoms with Crippen LogP contribution in [0.2, 0.25) is 0 Å². The van der Waals surface area contributed by atoms with Crippen LogP contribution in [0.1, 0.15) is 30.5 Å². The van der Waals surface area contributed by atoms with E-state index in [0.717, 1.165) is 6.54 Å². The van der Waals surface area contributed by atoms with Crippen LogP contribution in [0.3, 0.4) is 0 Å². The molecule has 16 heavy (non-hydrogen) atoms. The summed E-state index contributed by atoms with van der Waals surface area (Å²) >= 11 is 0. The Hall–Kier alpha value is -1.02. The maximum atomic E-state index is 3.62. The molecule has 0 fully saturated rings. The molecule has 1 aromatic carbocycles. The Labute approximate surface area is 99.5 Å². The molecule has 2 N–H and O–H groups in total. The van der Waals surface area contributed by atoms with Crippen LogP contribution in [-0.4, -0.2) is 19.1 Å². The van der Waals surface area contributed by atoms with Crippen LogP contribution in [0.5, 0.6) is 0 Å². The predicted molar refractivity (Wildman–Crippen MR) is 72.3 cm³/mol. The van der Waals surface area contributed by atoms with Crippen molar-refractivity contribution in [3.63, 3.8) is 0 Å². The summed E-state index contributed by atoms with van der Waals surface area (Å²) in [6, 6.07) is 4.45. The summed E-state index contributed by atoms with van der Waals surface area (Å²) in [5.41, 5.74) is 5.31. The van der Waals surface area contributed by atoms with Gasteiger partial charge in [-0.3, -0.25) is 0 Å². The van der Waals surface area contributed by atoms with Crippen molar-refractivity contribution in [2.45, 2.75) is 40.2 Å². The van der Waals surface area contributed by atoms with E-state index >= 15 is 0 Å². The summed E-state index contributed by atoms with van der Waals surface area (Å²) in [4.78, 5) is 0. The van der Waals surface area contributed by atoms with Gasteiger partial charge in [0.2, 0.25) is 0 Å². The molecule has 0 aliphatic rings. The van der Waals surface area contributed by atoms with Crippen LogP contribution in [0.4, 0.5) is 5.69 Å². The fraction of sp³-hybridized carbons (Fsp3) is 0.571. The van der Waals surface area contributed by atoms with Crippen molar-refractivity contribution in [3.8, 4) is 0 Å². The van der Waals surface area contributed by atoms with Crippen LogP contribution < -0.4 is 10.6 Å². The summed E-state index contributed by atoms with van der Waals surface area (Å²) in [5, 5.41) is 6.84. The molecule has 0 bridgehead atoms. The van der Waals surface area contributed by atoms with Crippen molar-refractivity contribution in [3.05, 3.63) is 28.8 Å². The van der Waals surface area contributed by atoms with Gasteiger partial charge >= 0.3 is 0 Å². The largest absolute Gasteiger partial charge is 0.378 e. The fourth-order valence-corrected chi connectivity index (χ4v) is 2.20. The number of aryl methyl sites for hydroxylation is 3. The standard InChI is InChI=1S/C14H24N2/c1-10-7-11(2)13(12(3)8-10)16-14(4,5)9-15-6/h7-8,15-16H,9H2,1-6H3. The third kappa shape index (κ3) is 3.24. The first-order valence-electron chi connectivity index (χ1n) is 5.86. The number of anilines is 1. The lowest BCUT2D eigenvalue weighted by Gasteiger charge is -2.29. The van der Waals surface area contributed by atoms with Crippen molar-refractivity contribution in [1.29, 1.82) is 0 Å². The van der Waals surface area contributed by atoms with Crippen molar-refractivity contribution in [1.82, 2.24) is 5.32 Å². The van der Waals surface area contributed by atoms with Gasteiger partial charge in [0.1, 0.15) is 0 Å². The highest BCUT2D eigenvalue weighted by atomic mass is 15.0. The molecule has 2 nitrogen and oxygen atoms in total. The molecule has 0 spiro atoms. The second-order valence-corrected chi connectivity index (χ2v) is 5.31. The van der Waals surface area contributed by atoms with Gasteiger partial charge in [-0.15, -0.1) is 0 Å². The average Bonchev–Trinajstić information content (AvgIpc) is 2.11. The second kappa shape index (κ2) is 4.88. The van der Waals surface area contributed by atoms with E-state index in [1.165, 1.54) is 22.4 Å². The minimum atomic E-state index is 0.0690. The molecule has 0 saturated heterocycles. The Morgan fingerprint density at radius 1 is 1.06 bits per heavy atom. The molecule has 0 amide bonds. The molecule has 0 aliphatic heterocycles. The first-order valence-corrected chi connectivity index (χ1v) is 5.86. The molecule has 0 radical (unpaired) electrons. The van der Waals surface area contributed by atoms with Gasteiger partial charge in [0.25, 0.3) is 0 Å². The zero-order valence-electron chi connectivity index (χ0n) is 11.4. The summed E-state index contributed by atoms with van der Waals surface area (Å²) in [6.45, 7) is 11.8. The summed E-state index contributed by atoms with van der Waals surface area (Å²) in [5.74, 6) is 0. The van der Waals surface area contributed by atoms with Crippen LogP contribution in [0.25, 0.3) is 0 Å². The summed E-state index contributed by atoms with van der Waals surface area (Å²) < 4.78 is 0. The first-order chi connectivity index (χ1) is 7.35. The number of benzene rings is 1. The maximum Gasteiger partial charge on any atom is 0.0441 e. The van der Waals surface area contributed by atoms with Gasteiger partial charge in [0.05, 0.1) is 0 Å². The molecular weight excluding hydrogens is 196 g/mol. The van der Waals surface area contributed by atoms with Crippen molar-refractivity contribution in [2.24, 2.45) is 0 Å². The lowest BCUT2D eigenvalue weighted by Crippen LogP contribution is -2.41. The van der Waals surface area contributed by atoms with E-state index in [0.29, 0.717) is 0 Å². The highest BCUT2D eigenvalue weighted by molar-refractivity contribution is 5.59. The maximum absolute atomic E-state index is 3.62. The number of nitrogens with one attached hydrogen (secondary N) is 2. The van der Waals surface area contributed by atoms with E-state index in [-0.39, 0.29) is 5.54 Å². The van der Waals surface area contributed by atoms with E-state index in [1.807, 2.05) is 7.05 Å². The lowest BCUT2D eigenvalue weighted by atomic mass is 10.00. The molecule has 0 aliphatic carbocycles. The monoisotopic (exact) mass is 220 g/mol. The molecule has 2 heteroatoms. The van der Waals surface area contributed by atoms with E-state index in [4.69, 9.17) is 0 Å². The van der Waals surface area contributed by atoms with Crippen molar-refractivity contribution < 1.29 is 0 Å². The molecule has 0 unspecified atom stereocenters. The predicted octanol–water partition coefficient (Wildman–Crippen LogP) is 3.02.